The van der Waals surface area contributed by atoms with Crippen molar-refractivity contribution < 1.29 is 9.90 Å². The molecule has 1 amide bonds. The van der Waals surface area contributed by atoms with E-state index in [4.69, 9.17) is 17.3 Å². The molecule has 1 heterocycles. The van der Waals surface area contributed by atoms with Gasteiger partial charge < -0.3 is 15.4 Å². The van der Waals surface area contributed by atoms with Crippen molar-refractivity contribution in [2.45, 2.75) is 36.9 Å². The number of carbonyl (C=O) groups excluding carboxylic acids is 1. The van der Waals surface area contributed by atoms with Gasteiger partial charge in [0.25, 0.3) is 5.91 Å². The molecule has 0 spiro atoms. The van der Waals surface area contributed by atoms with Gasteiger partial charge in [-0.05, 0) is 49.2 Å². The molecule has 0 saturated carbocycles. The molecule has 6 heteroatoms. The minimum absolute atomic E-state index is 0.0891. The summed E-state index contributed by atoms with van der Waals surface area (Å²) in [4.78, 5) is 12.7. The second-order valence-corrected chi connectivity index (χ2v) is 7.49. The number of carbonyl (C=O) groups is 1. The quantitative estimate of drug-likeness (QED) is 0.618. The third-order valence-electron chi connectivity index (χ3n) is 3.98. The van der Waals surface area contributed by atoms with Crippen molar-refractivity contribution >= 4 is 29.3 Å². The van der Waals surface area contributed by atoms with Crippen LogP contribution in [0.4, 0.5) is 0 Å². The van der Waals surface area contributed by atoms with Crippen LogP contribution < -0.4 is 5.73 Å². The predicted octanol–water partition coefficient (Wildman–Crippen LogP) is 4.88. The van der Waals surface area contributed by atoms with Gasteiger partial charge in [-0.25, -0.2) is 0 Å². The maximum atomic E-state index is 11.8. The first-order valence-electron chi connectivity index (χ1n) is 8.42. The molecule has 4 nitrogen and oxygen atoms in total. The van der Waals surface area contributed by atoms with Gasteiger partial charge >= 0.3 is 0 Å². The Hall–Kier alpha value is -2.21. The van der Waals surface area contributed by atoms with Gasteiger partial charge in [0, 0.05) is 22.2 Å². The van der Waals surface area contributed by atoms with Crippen LogP contribution in [0.5, 0.6) is 0 Å². The van der Waals surface area contributed by atoms with Crippen molar-refractivity contribution in [3.05, 3.63) is 82.6 Å². The Labute approximate surface area is 169 Å². The number of aromatic nitrogens is 1. The minimum atomic E-state index is -0.462. The number of hydrogen-bond donors (Lipinski definition) is 2. The Kier molecular flexibility index (Phi) is 7.54. The first-order valence-corrected chi connectivity index (χ1v) is 9.61. The molecule has 0 fully saturated rings. The monoisotopic (exact) mass is 402 g/mol. The molecule has 0 radical (unpaired) electrons. The third-order valence-corrected chi connectivity index (χ3v) is 5.22. The summed E-state index contributed by atoms with van der Waals surface area (Å²) in [6.07, 6.45) is 7.63. The standard InChI is InChI=1S/C21H23ClN2O2S/c1-4-6-15(7-5-2)12-24-14(3)19(21(23)26)11-20(24)27-18-9-16(13-25)8-17(22)10-18/h4-11,25H,1,12-13H2,2-3H3,(H2,23,26)/b7-5-,15-6+. The van der Waals surface area contributed by atoms with Gasteiger partial charge in [-0.15, -0.1) is 0 Å². The molecule has 3 N–H and O–H groups in total. The number of aliphatic hydroxyl groups excluding tert-OH is 1. The second kappa shape index (κ2) is 9.65. The van der Waals surface area contributed by atoms with E-state index in [2.05, 4.69) is 6.58 Å². The third kappa shape index (κ3) is 5.39. The molecule has 1 aromatic carbocycles. The predicted molar refractivity (Wildman–Crippen MR) is 112 cm³/mol. The van der Waals surface area contributed by atoms with Crippen LogP contribution in [0.25, 0.3) is 0 Å². The molecule has 0 atom stereocenters. The fourth-order valence-corrected chi connectivity index (χ4v) is 4.20. The number of allylic oxidation sites excluding steroid dienone is 5. The zero-order valence-electron chi connectivity index (χ0n) is 15.4. The smallest absolute Gasteiger partial charge is 0.250 e. The first kappa shape index (κ1) is 21.1. The molecule has 0 aliphatic carbocycles. The second-order valence-electron chi connectivity index (χ2n) is 5.96. The molecule has 2 rings (SSSR count). The van der Waals surface area contributed by atoms with Gasteiger partial charge in [-0.3, -0.25) is 4.79 Å². The van der Waals surface area contributed by atoms with Crippen LogP contribution in [0.3, 0.4) is 0 Å². The lowest BCUT2D eigenvalue weighted by Crippen LogP contribution is -2.12. The van der Waals surface area contributed by atoms with E-state index >= 15 is 0 Å². The van der Waals surface area contributed by atoms with Gasteiger partial charge in [0.05, 0.1) is 17.2 Å². The Morgan fingerprint density at radius 2 is 2.11 bits per heavy atom. The number of aliphatic hydroxyl groups is 1. The highest BCUT2D eigenvalue weighted by Crippen LogP contribution is 2.34. The number of amides is 1. The minimum Gasteiger partial charge on any atom is -0.392 e. The van der Waals surface area contributed by atoms with Crippen molar-refractivity contribution in [3.63, 3.8) is 0 Å². The average Bonchev–Trinajstić information content (AvgIpc) is 2.91. The number of nitrogens with zero attached hydrogens (tertiary/aromatic N) is 1. The summed E-state index contributed by atoms with van der Waals surface area (Å²) in [7, 11) is 0. The number of nitrogens with two attached hydrogens (primary N) is 1. The lowest BCUT2D eigenvalue weighted by molar-refractivity contribution is 0.0999. The van der Waals surface area contributed by atoms with Gasteiger partial charge in [-0.2, -0.15) is 0 Å². The Balaban J connectivity index is 2.50. The van der Waals surface area contributed by atoms with E-state index in [-0.39, 0.29) is 6.61 Å². The van der Waals surface area contributed by atoms with E-state index in [9.17, 15) is 9.90 Å². The van der Waals surface area contributed by atoms with E-state index < -0.39 is 5.91 Å². The Morgan fingerprint density at radius 3 is 2.70 bits per heavy atom. The van der Waals surface area contributed by atoms with E-state index in [0.717, 1.165) is 26.8 Å². The van der Waals surface area contributed by atoms with E-state index in [0.29, 0.717) is 17.1 Å². The largest absolute Gasteiger partial charge is 0.392 e. The van der Waals surface area contributed by atoms with Crippen LogP contribution in [0.2, 0.25) is 5.02 Å². The lowest BCUT2D eigenvalue weighted by Gasteiger charge is -2.13. The molecule has 1 aromatic heterocycles. The molecule has 0 aliphatic heterocycles. The zero-order chi connectivity index (χ0) is 20.0. The van der Waals surface area contributed by atoms with E-state index in [1.165, 1.54) is 11.8 Å². The fourth-order valence-electron chi connectivity index (χ4n) is 2.75. The Bertz CT molecular complexity index is 913. The van der Waals surface area contributed by atoms with Gasteiger partial charge in [0.2, 0.25) is 0 Å². The fraction of sp³-hybridized carbons (Fsp3) is 0.190. The van der Waals surface area contributed by atoms with Crippen LogP contribution in [0.15, 0.2) is 70.6 Å². The molecule has 0 aliphatic rings. The number of primary amides is 1. The van der Waals surface area contributed by atoms with Crippen molar-refractivity contribution in [2.24, 2.45) is 5.73 Å². The molecule has 2 aromatic rings. The topological polar surface area (TPSA) is 68.2 Å². The highest BCUT2D eigenvalue weighted by Gasteiger charge is 2.17. The van der Waals surface area contributed by atoms with Crippen molar-refractivity contribution in [1.82, 2.24) is 4.57 Å². The molecule has 0 bridgehead atoms. The van der Waals surface area contributed by atoms with E-state index in [1.807, 2.05) is 48.8 Å². The summed E-state index contributed by atoms with van der Waals surface area (Å²) in [5, 5.41) is 10.8. The van der Waals surface area contributed by atoms with Crippen LogP contribution >= 0.6 is 23.4 Å². The molecular formula is C21H23ClN2O2S. The van der Waals surface area contributed by atoms with E-state index in [1.54, 1.807) is 18.2 Å². The van der Waals surface area contributed by atoms with Crippen LogP contribution in [0, 0.1) is 6.92 Å². The maximum absolute atomic E-state index is 11.8. The summed E-state index contributed by atoms with van der Waals surface area (Å²) >= 11 is 7.62. The highest BCUT2D eigenvalue weighted by atomic mass is 35.5. The average molecular weight is 403 g/mol. The molecule has 0 saturated heterocycles. The van der Waals surface area contributed by atoms with Gasteiger partial charge in [-0.1, -0.05) is 54.2 Å². The first-order chi connectivity index (χ1) is 12.9. The summed E-state index contributed by atoms with van der Waals surface area (Å²) in [5.74, 6) is -0.462. The lowest BCUT2D eigenvalue weighted by atomic mass is 10.2. The van der Waals surface area contributed by atoms with Gasteiger partial charge in [0.1, 0.15) is 0 Å². The molecular weight excluding hydrogens is 380 g/mol. The summed E-state index contributed by atoms with van der Waals surface area (Å²) in [6.45, 7) is 8.08. The van der Waals surface area contributed by atoms with Crippen molar-refractivity contribution in [1.29, 1.82) is 0 Å². The number of halogens is 1. The highest BCUT2D eigenvalue weighted by molar-refractivity contribution is 7.99. The molecule has 0 unspecified atom stereocenters. The van der Waals surface area contributed by atoms with Crippen LogP contribution in [0.1, 0.15) is 28.5 Å². The summed E-state index contributed by atoms with van der Waals surface area (Å²) in [5.41, 5.74) is 8.61. The van der Waals surface area contributed by atoms with Crippen molar-refractivity contribution in [3.8, 4) is 0 Å². The van der Waals surface area contributed by atoms with Crippen LogP contribution in [-0.4, -0.2) is 15.6 Å². The normalized spacial score (nSPS) is 11.9. The molecule has 27 heavy (non-hydrogen) atoms. The number of hydrogen-bond acceptors (Lipinski definition) is 3. The van der Waals surface area contributed by atoms with Crippen LogP contribution in [-0.2, 0) is 13.2 Å². The maximum Gasteiger partial charge on any atom is 0.250 e. The summed E-state index contributed by atoms with van der Waals surface area (Å²) in [6, 6.07) is 7.22. The Morgan fingerprint density at radius 1 is 1.37 bits per heavy atom. The number of rotatable bonds is 8. The number of benzene rings is 1. The van der Waals surface area contributed by atoms with Crippen molar-refractivity contribution in [2.75, 3.05) is 0 Å². The zero-order valence-corrected chi connectivity index (χ0v) is 17.0. The molecule has 142 valence electrons. The SMILES string of the molecule is C=C/C=C(\C=C/C)Cn1c(Sc2cc(Cl)cc(CO)c2)cc(C(N)=O)c1C. The van der Waals surface area contributed by atoms with Gasteiger partial charge in [0.15, 0.2) is 0 Å². The summed E-state index contributed by atoms with van der Waals surface area (Å²) < 4.78 is 2.04.